The molecular formula is C24H31F4N7. The van der Waals surface area contributed by atoms with E-state index in [1.54, 1.807) is 11.0 Å². The smallest absolute Gasteiger partial charge is 0.368 e. The van der Waals surface area contributed by atoms with Crippen LogP contribution in [0.15, 0.2) is 24.4 Å². The summed E-state index contributed by atoms with van der Waals surface area (Å²) >= 11 is 0. The van der Waals surface area contributed by atoms with Crippen LogP contribution in [-0.2, 0) is 6.18 Å². The molecule has 2 aromatic rings. The monoisotopic (exact) mass is 493 g/mol. The Bertz CT molecular complexity index is 1040. The molecule has 0 spiro atoms. The van der Waals surface area contributed by atoms with Gasteiger partial charge >= 0.3 is 6.18 Å². The number of alkyl halides is 3. The summed E-state index contributed by atoms with van der Waals surface area (Å²) < 4.78 is 56.2. The summed E-state index contributed by atoms with van der Waals surface area (Å²) in [6.45, 7) is 2.47. The van der Waals surface area contributed by atoms with Crippen LogP contribution in [0, 0.1) is 5.82 Å². The van der Waals surface area contributed by atoms with Gasteiger partial charge in [0.1, 0.15) is 0 Å². The number of likely N-dealkylation sites (N-methyl/N-ethyl adjacent to an activating group) is 1. The number of aromatic nitrogens is 2. The molecule has 2 N–H and O–H groups in total. The highest BCUT2D eigenvalue weighted by Gasteiger charge is 2.39. The average Bonchev–Trinajstić information content (AvgIpc) is 3.02. The van der Waals surface area contributed by atoms with Crippen molar-refractivity contribution in [1.82, 2.24) is 19.8 Å². The minimum absolute atomic E-state index is 0.0465. The number of piperidine rings is 1. The third-order valence-corrected chi connectivity index (χ3v) is 7.59. The van der Waals surface area contributed by atoms with E-state index in [1.165, 1.54) is 6.07 Å². The van der Waals surface area contributed by atoms with Crippen molar-refractivity contribution in [2.45, 2.75) is 50.0 Å². The first-order valence-corrected chi connectivity index (χ1v) is 12.1. The van der Waals surface area contributed by atoms with Crippen molar-refractivity contribution < 1.29 is 17.6 Å². The molecule has 7 nitrogen and oxygen atoms in total. The molecule has 2 unspecified atom stereocenters. The van der Waals surface area contributed by atoms with Gasteiger partial charge in [0.2, 0.25) is 5.95 Å². The van der Waals surface area contributed by atoms with Crippen LogP contribution in [0.1, 0.15) is 31.2 Å². The largest absolute Gasteiger partial charge is 0.418 e. The van der Waals surface area contributed by atoms with E-state index in [9.17, 15) is 17.6 Å². The zero-order chi connectivity index (χ0) is 24.7. The number of anilines is 4. The van der Waals surface area contributed by atoms with E-state index in [1.807, 2.05) is 7.05 Å². The molecule has 0 amide bonds. The van der Waals surface area contributed by atoms with Crippen LogP contribution in [0.3, 0.4) is 0 Å². The van der Waals surface area contributed by atoms with Crippen LogP contribution < -0.4 is 15.5 Å². The topological polar surface area (TPSA) is 59.6 Å². The van der Waals surface area contributed by atoms with Crippen LogP contribution in [0.2, 0.25) is 0 Å². The standard InChI is InChI=1S/C24H31F4N7/c1-33-7-9-35(10-8-33)21-6-3-15(13-19(21)24(26,27)28)31-23-29-14-20(25)22(32-23)30-16-11-17-4-5-18(12-16)34(17)2/h3,6,13-14,16-18H,4-5,7-12H2,1-2H3,(H2,29,30,31,32). The lowest BCUT2D eigenvalue weighted by atomic mass is 9.98. The molecule has 190 valence electrons. The van der Waals surface area contributed by atoms with Crippen molar-refractivity contribution in [2.75, 3.05) is 55.8 Å². The van der Waals surface area contributed by atoms with Gasteiger partial charge in [-0.25, -0.2) is 9.37 Å². The Labute approximate surface area is 202 Å². The third-order valence-electron chi connectivity index (χ3n) is 7.59. The Kier molecular flexibility index (Phi) is 6.47. The van der Waals surface area contributed by atoms with Crippen LogP contribution >= 0.6 is 0 Å². The molecule has 3 aliphatic rings. The second-order valence-electron chi connectivity index (χ2n) is 9.90. The lowest BCUT2D eigenvalue weighted by molar-refractivity contribution is -0.137. The number of hydrogen-bond acceptors (Lipinski definition) is 7. The zero-order valence-corrected chi connectivity index (χ0v) is 19.9. The van der Waals surface area contributed by atoms with Crippen LogP contribution in [0.25, 0.3) is 0 Å². The van der Waals surface area contributed by atoms with E-state index < -0.39 is 17.6 Å². The Morgan fingerprint density at radius 2 is 1.69 bits per heavy atom. The van der Waals surface area contributed by atoms with Gasteiger partial charge in [-0.1, -0.05) is 0 Å². The molecule has 2 atom stereocenters. The zero-order valence-electron chi connectivity index (χ0n) is 19.9. The molecular weight excluding hydrogens is 462 g/mol. The first-order chi connectivity index (χ1) is 16.7. The Hall–Kier alpha value is -2.66. The Morgan fingerprint density at radius 3 is 2.34 bits per heavy atom. The highest BCUT2D eigenvalue weighted by atomic mass is 19.4. The molecule has 0 aliphatic carbocycles. The fourth-order valence-corrected chi connectivity index (χ4v) is 5.54. The number of fused-ring (bicyclic) bond motifs is 2. The molecule has 3 saturated heterocycles. The van der Waals surface area contributed by atoms with Gasteiger partial charge in [0.15, 0.2) is 11.6 Å². The molecule has 11 heteroatoms. The number of benzene rings is 1. The predicted octanol–water partition coefficient (Wildman–Crippen LogP) is 4.17. The van der Waals surface area contributed by atoms with Crippen LogP contribution in [0.5, 0.6) is 0 Å². The summed E-state index contributed by atoms with van der Waals surface area (Å²) in [5.41, 5.74) is -0.352. The third kappa shape index (κ3) is 5.16. The van der Waals surface area contributed by atoms with Crippen LogP contribution in [0.4, 0.5) is 40.7 Å². The lowest BCUT2D eigenvalue weighted by Crippen LogP contribution is -2.45. The summed E-state index contributed by atoms with van der Waals surface area (Å²) in [4.78, 5) is 14.4. The minimum atomic E-state index is -4.51. The van der Waals surface area contributed by atoms with Crippen molar-refractivity contribution >= 4 is 23.1 Å². The molecule has 0 saturated carbocycles. The second kappa shape index (κ2) is 9.42. The fourth-order valence-electron chi connectivity index (χ4n) is 5.54. The predicted molar refractivity (Wildman–Crippen MR) is 128 cm³/mol. The molecule has 1 aromatic heterocycles. The molecule has 0 radical (unpaired) electrons. The second-order valence-corrected chi connectivity index (χ2v) is 9.90. The quantitative estimate of drug-likeness (QED) is 0.607. The summed E-state index contributed by atoms with van der Waals surface area (Å²) in [6, 6.07) is 5.19. The highest BCUT2D eigenvalue weighted by Crippen LogP contribution is 2.39. The molecule has 2 bridgehead atoms. The van der Waals surface area contributed by atoms with Gasteiger partial charge in [-0.15, -0.1) is 0 Å². The normalized spacial score (nSPS) is 25.7. The van der Waals surface area contributed by atoms with E-state index in [2.05, 4.69) is 37.4 Å². The van der Waals surface area contributed by atoms with Gasteiger partial charge in [-0.2, -0.15) is 18.2 Å². The molecule has 4 heterocycles. The lowest BCUT2D eigenvalue weighted by Gasteiger charge is -2.36. The van der Waals surface area contributed by atoms with Crippen molar-refractivity contribution in [3.8, 4) is 0 Å². The molecule has 35 heavy (non-hydrogen) atoms. The summed E-state index contributed by atoms with van der Waals surface area (Å²) in [5, 5.41) is 6.04. The van der Waals surface area contributed by atoms with E-state index in [-0.39, 0.29) is 29.2 Å². The summed E-state index contributed by atoms with van der Waals surface area (Å²) in [7, 11) is 4.09. The summed E-state index contributed by atoms with van der Waals surface area (Å²) in [5.74, 6) is -0.463. The Morgan fingerprint density at radius 1 is 1.00 bits per heavy atom. The van der Waals surface area contributed by atoms with E-state index in [0.717, 1.165) is 37.9 Å². The van der Waals surface area contributed by atoms with Gasteiger partial charge in [0.05, 0.1) is 11.8 Å². The minimum Gasteiger partial charge on any atom is -0.368 e. The van der Waals surface area contributed by atoms with Gasteiger partial charge in [0.25, 0.3) is 0 Å². The molecule has 3 aliphatic heterocycles. The number of piperazine rings is 1. The van der Waals surface area contributed by atoms with Crippen molar-refractivity contribution in [3.63, 3.8) is 0 Å². The van der Waals surface area contributed by atoms with Gasteiger partial charge in [0, 0.05) is 55.7 Å². The van der Waals surface area contributed by atoms with Crippen molar-refractivity contribution in [1.29, 1.82) is 0 Å². The number of nitrogens with zero attached hydrogens (tertiary/aromatic N) is 5. The molecule has 1 aromatic carbocycles. The molecule has 5 rings (SSSR count). The summed E-state index contributed by atoms with van der Waals surface area (Å²) in [6.07, 6.45) is 0.628. The maximum atomic E-state index is 14.5. The van der Waals surface area contributed by atoms with E-state index in [0.29, 0.717) is 38.3 Å². The fraction of sp³-hybridized carbons (Fsp3) is 0.583. The Balaban J connectivity index is 1.33. The van der Waals surface area contributed by atoms with Gasteiger partial charge < -0.3 is 25.3 Å². The van der Waals surface area contributed by atoms with E-state index in [4.69, 9.17) is 0 Å². The maximum Gasteiger partial charge on any atom is 0.418 e. The van der Waals surface area contributed by atoms with Crippen molar-refractivity contribution in [3.05, 3.63) is 35.8 Å². The van der Waals surface area contributed by atoms with Crippen LogP contribution in [-0.4, -0.2) is 78.2 Å². The van der Waals surface area contributed by atoms with Gasteiger partial charge in [-0.3, -0.25) is 0 Å². The number of halogens is 4. The SMILES string of the molecule is CN1CCN(c2ccc(Nc3ncc(F)c(NC4CC5CCC(C4)N5C)n3)cc2C(F)(F)F)CC1. The first kappa shape index (κ1) is 24.1. The number of hydrogen-bond donors (Lipinski definition) is 2. The number of rotatable bonds is 5. The average molecular weight is 494 g/mol. The van der Waals surface area contributed by atoms with Gasteiger partial charge in [-0.05, 0) is 58.0 Å². The number of nitrogens with one attached hydrogen (secondary N) is 2. The first-order valence-electron chi connectivity index (χ1n) is 12.1. The highest BCUT2D eigenvalue weighted by molar-refractivity contribution is 5.65. The molecule has 3 fully saturated rings. The van der Waals surface area contributed by atoms with Crippen molar-refractivity contribution in [2.24, 2.45) is 0 Å². The maximum absolute atomic E-state index is 14.5. The van der Waals surface area contributed by atoms with E-state index >= 15 is 0 Å².